The van der Waals surface area contributed by atoms with Crippen LogP contribution >= 0.6 is 0 Å². The Morgan fingerprint density at radius 3 is 2.54 bits per heavy atom. The summed E-state index contributed by atoms with van der Waals surface area (Å²) in [5.74, 6) is -1.12. The molecule has 0 aliphatic rings. The summed E-state index contributed by atoms with van der Waals surface area (Å²) in [6, 6.07) is 0. The summed E-state index contributed by atoms with van der Waals surface area (Å²) in [5.41, 5.74) is 0. The van der Waals surface area contributed by atoms with Crippen molar-refractivity contribution >= 4 is 23.1 Å². The normalized spacial score (nSPS) is 11.9. The number of hydrogen-bond donors (Lipinski definition) is 2. The first-order valence-corrected chi connectivity index (χ1v) is 4.32. The molecule has 0 rings (SSSR count). The first kappa shape index (κ1) is 12.0. The summed E-state index contributed by atoms with van der Waals surface area (Å²) in [6.45, 7) is 1.00. The molecule has 13 heavy (non-hydrogen) atoms. The van der Waals surface area contributed by atoms with Gasteiger partial charge in [-0.05, 0) is 4.89 Å². The minimum atomic E-state index is -2.41. The fourth-order valence-electron chi connectivity index (χ4n) is 0.419. The Morgan fingerprint density at radius 1 is 1.62 bits per heavy atom. The summed E-state index contributed by atoms with van der Waals surface area (Å²) in [4.78, 5) is 28.1. The van der Waals surface area contributed by atoms with Crippen LogP contribution in [-0.4, -0.2) is 39.1 Å². The second-order valence-electron chi connectivity index (χ2n) is 2.18. The van der Waals surface area contributed by atoms with Crippen LogP contribution in [0.1, 0.15) is 6.92 Å². The molecule has 0 spiro atoms. The highest BCUT2D eigenvalue weighted by Crippen LogP contribution is 1.84. The Bertz CT molecular complexity index is 231. The number of nitrogens with zero attached hydrogens (tertiary/aromatic N) is 1. The highest BCUT2D eigenvalue weighted by atomic mass is 32.2. The molecule has 1 amide bonds. The fourth-order valence-corrected chi connectivity index (χ4v) is 0.584. The lowest BCUT2D eigenvalue weighted by atomic mass is 10.5. The Morgan fingerprint density at radius 2 is 2.15 bits per heavy atom. The molecule has 7 nitrogen and oxygen atoms in total. The summed E-state index contributed by atoms with van der Waals surface area (Å²) in [7, 11) is 1.40. The van der Waals surface area contributed by atoms with Crippen molar-refractivity contribution < 1.29 is 23.2 Å². The first-order valence-electron chi connectivity index (χ1n) is 3.21. The number of likely N-dealkylation sites (N-methyl/N-ethyl adjacent to an activating group) is 1. The lowest BCUT2D eigenvalue weighted by Crippen LogP contribution is -2.34. The lowest BCUT2D eigenvalue weighted by Gasteiger charge is -2.12. The zero-order chi connectivity index (χ0) is 10.4. The van der Waals surface area contributed by atoms with E-state index in [2.05, 4.69) is 4.84 Å². The lowest BCUT2D eigenvalue weighted by molar-refractivity contribution is -0.151. The van der Waals surface area contributed by atoms with Gasteiger partial charge in [-0.3, -0.25) is 9.35 Å². The molecule has 0 aromatic heterocycles. The number of amides is 1. The van der Waals surface area contributed by atoms with Crippen molar-refractivity contribution in [3.8, 4) is 0 Å². The number of carbonyl (C=O) groups excluding carboxylic acids is 2. The monoisotopic (exact) mass is 210 g/mol. The van der Waals surface area contributed by atoms with Crippen molar-refractivity contribution in [3.63, 3.8) is 0 Å². The van der Waals surface area contributed by atoms with E-state index in [1.807, 2.05) is 0 Å². The molecular weight excluding hydrogens is 200 g/mol. The van der Waals surface area contributed by atoms with Gasteiger partial charge in [-0.25, -0.2) is 9.00 Å². The van der Waals surface area contributed by atoms with E-state index in [4.69, 9.17) is 4.55 Å². The molecule has 0 radical (unpaired) electrons. The van der Waals surface area contributed by atoms with Crippen molar-refractivity contribution in [2.24, 2.45) is 0 Å². The van der Waals surface area contributed by atoms with E-state index in [-0.39, 0.29) is 12.5 Å². The van der Waals surface area contributed by atoms with Gasteiger partial charge in [0.2, 0.25) is 5.91 Å². The molecule has 0 fully saturated rings. The van der Waals surface area contributed by atoms with Crippen LogP contribution in [-0.2, 0) is 25.7 Å². The van der Waals surface area contributed by atoms with Gasteiger partial charge in [0.1, 0.15) is 6.54 Å². The average molecular weight is 210 g/mol. The molecule has 2 N–H and O–H groups in total. The predicted octanol–water partition coefficient (Wildman–Crippen LogP) is -1.35. The van der Waals surface area contributed by atoms with E-state index in [9.17, 15) is 13.8 Å². The molecule has 0 aromatic carbocycles. The van der Waals surface area contributed by atoms with Crippen LogP contribution in [0.2, 0.25) is 0 Å². The van der Waals surface area contributed by atoms with Gasteiger partial charge in [0.15, 0.2) is 0 Å². The van der Waals surface area contributed by atoms with Crippen LogP contribution in [0.5, 0.6) is 0 Å². The van der Waals surface area contributed by atoms with Gasteiger partial charge in [-0.2, -0.15) is 0 Å². The number of hydrogen-bond acceptors (Lipinski definition) is 4. The Kier molecular flexibility index (Phi) is 5.19. The number of carbonyl (C=O) groups is 2. The maximum absolute atomic E-state index is 10.7. The molecule has 0 aliphatic carbocycles. The highest BCUT2D eigenvalue weighted by molar-refractivity contribution is 7.76. The van der Waals surface area contributed by atoms with Gasteiger partial charge in [-0.1, -0.05) is 0 Å². The van der Waals surface area contributed by atoms with Crippen molar-refractivity contribution in [1.29, 1.82) is 0 Å². The Hall–Kier alpha value is -0.990. The zero-order valence-corrected chi connectivity index (χ0v) is 7.96. The topological polar surface area (TPSA) is 95.9 Å². The predicted molar refractivity (Wildman–Crippen MR) is 43.3 cm³/mol. The minimum absolute atomic E-state index is 0.278. The summed E-state index contributed by atoms with van der Waals surface area (Å²) < 4.78 is 18.1. The van der Waals surface area contributed by atoms with E-state index in [1.165, 1.54) is 18.9 Å². The second-order valence-corrected chi connectivity index (χ2v) is 2.85. The van der Waals surface area contributed by atoms with Crippen LogP contribution < -0.4 is 4.89 Å². The zero-order valence-electron chi connectivity index (χ0n) is 7.14. The van der Waals surface area contributed by atoms with Crippen LogP contribution in [0, 0.1) is 0 Å². The standard InChI is InChI=1S/C5H10N2O5S/c1-4(8)7(2)3-5(9)12-6-13(10)11/h6H,3H2,1-2H3,(H,10,11). The van der Waals surface area contributed by atoms with Gasteiger partial charge in [0.25, 0.3) is 11.3 Å². The number of nitrogens with one attached hydrogen (secondary N) is 1. The van der Waals surface area contributed by atoms with Crippen molar-refractivity contribution in [3.05, 3.63) is 0 Å². The van der Waals surface area contributed by atoms with Gasteiger partial charge in [-0.15, -0.1) is 0 Å². The summed E-state index contributed by atoms with van der Waals surface area (Å²) >= 11 is -2.41. The van der Waals surface area contributed by atoms with E-state index in [0.717, 1.165) is 4.90 Å². The third kappa shape index (κ3) is 6.20. The van der Waals surface area contributed by atoms with E-state index in [1.54, 1.807) is 0 Å². The molecule has 1 atom stereocenters. The van der Waals surface area contributed by atoms with Crippen LogP contribution in [0.25, 0.3) is 0 Å². The van der Waals surface area contributed by atoms with Gasteiger partial charge in [0.05, 0.1) is 0 Å². The molecular formula is C5H10N2O5S. The van der Waals surface area contributed by atoms with Crippen molar-refractivity contribution in [2.45, 2.75) is 6.92 Å². The quantitative estimate of drug-likeness (QED) is 0.441. The van der Waals surface area contributed by atoms with Crippen LogP contribution in [0.4, 0.5) is 0 Å². The highest BCUT2D eigenvalue weighted by Gasteiger charge is 2.10. The third-order valence-electron chi connectivity index (χ3n) is 1.13. The molecule has 8 heteroatoms. The molecule has 0 saturated carbocycles. The van der Waals surface area contributed by atoms with E-state index < -0.39 is 17.2 Å². The molecule has 0 aromatic rings. The molecule has 0 heterocycles. The maximum atomic E-state index is 10.7. The summed E-state index contributed by atoms with van der Waals surface area (Å²) in [6.07, 6.45) is 0. The van der Waals surface area contributed by atoms with Crippen LogP contribution in [0.3, 0.4) is 0 Å². The largest absolute Gasteiger partial charge is 0.354 e. The molecule has 0 aliphatic heterocycles. The van der Waals surface area contributed by atoms with Crippen molar-refractivity contribution in [1.82, 2.24) is 9.79 Å². The fraction of sp³-hybridized carbons (Fsp3) is 0.600. The molecule has 76 valence electrons. The maximum Gasteiger partial charge on any atom is 0.345 e. The smallest absolute Gasteiger partial charge is 0.345 e. The first-order chi connectivity index (χ1) is 5.93. The summed E-state index contributed by atoms with van der Waals surface area (Å²) in [5, 5.41) is 0. The van der Waals surface area contributed by atoms with Gasteiger partial charge >= 0.3 is 5.97 Å². The van der Waals surface area contributed by atoms with Gasteiger partial charge in [0, 0.05) is 14.0 Å². The van der Waals surface area contributed by atoms with Crippen LogP contribution in [0.15, 0.2) is 0 Å². The average Bonchev–Trinajstić information content (AvgIpc) is 2.00. The molecule has 0 saturated heterocycles. The SMILES string of the molecule is CC(=O)N(C)CC(=O)ONS(=O)O. The van der Waals surface area contributed by atoms with Gasteiger partial charge < -0.3 is 9.74 Å². The number of rotatable bonds is 4. The minimum Gasteiger partial charge on any atom is -0.354 e. The molecule has 1 unspecified atom stereocenters. The second kappa shape index (κ2) is 5.62. The molecule has 0 bridgehead atoms. The van der Waals surface area contributed by atoms with E-state index in [0.29, 0.717) is 0 Å². The Labute approximate surface area is 77.4 Å². The third-order valence-corrected chi connectivity index (χ3v) is 1.36. The van der Waals surface area contributed by atoms with Crippen molar-refractivity contribution in [2.75, 3.05) is 13.6 Å². The Balaban J connectivity index is 3.74. The van der Waals surface area contributed by atoms with E-state index >= 15 is 0 Å².